The molecule has 0 saturated heterocycles. The molecule has 0 aliphatic carbocycles. The molecule has 1 aromatic carbocycles. The fourth-order valence-electron chi connectivity index (χ4n) is 1.80. The van der Waals surface area contributed by atoms with Crippen LogP contribution in [-0.2, 0) is 11.3 Å². The third-order valence-corrected chi connectivity index (χ3v) is 2.67. The molecule has 20 heavy (non-hydrogen) atoms. The molecule has 5 nitrogen and oxygen atoms in total. The third kappa shape index (κ3) is 4.17. The van der Waals surface area contributed by atoms with Gasteiger partial charge in [0.25, 0.3) is 0 Å². The Morgan fingerprint density at radius 3 is 2.70 bits per heavy atom. The van der Waals surface area contributed by atoms with Crippen molar-refractivity contribution in [3.63, 3.8) is 0 Å². The number of hydrogen-bond acceptors (Lipinski definition) is 4. The molecule has 0 aliphatic rings. The molecule has 1 amide bonds. The number of carbonyl (C=O) groups is 1. The van der Waals surface area contributed by atoms with Gasteiger partial charge in [-0.25, -0.2) is 4.39 Å². The van der Waals surface area contributed by atoms with Crippen molar-refractivity contribution >= 4 is 11.8 Å². The van der Waals surface area contributed by atoms with Crippen molar-refractivity contribution < 1.29 is 13.7 Å². The molecule has 1 aromatic heterocycles. The van der Waals surface area contributed by atoms with E-state index in [0.717, 1.165) is 5.56 Å². The minimum atomic E-state index is -0.269. The number of halogens is 1. The molecule has 6 heteroatoms. The summed E-state index contributed by atoms with van der Waals surface area (Å²) < 4.78 is 17.7. The summed E-state index contributed by atoms with van der Waals surface area (Å²) in [6.45, 7) is 2.54. The number of aromatic nitrogens is 1. The molecule has 0 fully saturated rings. The highest BCUT2D eigenvalue weighted by atomic mass is 19.1. The molecule has 0 aliphatic heterocycles. The van der Waals surface area contributed by atoms with Crippen LogP contribution in [0, 0.1) is 12.7 Å². The van der Waals surface area contributed by atoms with E-state index < -0.39 is 0 Å². The monoisotopic (exact) mass is 277 g/mol. The molecule has 0 unspecified atom stereocenters. The lowest BCUT2D eigenvalue weighted by molar-refractivity contribution is -0.117. The summed E-state index contributed by atoms with van der Waals surface area (Å²) in [5.74, 6) is -0.122. The van der Waals surface area contributed by atoms with Crippen molar-refractivity contribution in [3.8, 4) is 0 Å². The van der Waals surface area contributed by atoms with E-state index in [4.69, 9.17) is 4.52 Å². The van der Waals surface area contributed by atoms with Gasteiger partial charge in [-0.15, -0.1) is 0 Å². The zero-order chi connectivity index (χ0) is 14.5. The van der Waals surface area contributed by atoms with Crippen LogP contribution in [0.1, 0.15) is 11.3 Å². The highest BCUT2D eigenvalue weighted by Crippen LogP contribution is 2.09. The van der Waals surface area contributed by atoms with E-state index in [1.165, 1.54) is 12.1 Å². The van der Waals surface area contributed by atoms with Crippen LogP contribution in [0.5, 0.6) is 0 Å². The number of benzene rings is 1. The Labute approximate surface area is 116 Å². The summed E-state index contributed by atoms with van der Waals surface area (Å²) in [5, 5.41) is 6.30. The zero-order valence-corrected chi connectivity index (χ0v) is 11.4. The number of hydrogen-bond donors (Lipinski definition) is 1. The average molecular weight is 277 g/mol. The minimum absolute atomic E-state index is 0.189. The van der Waals surface area contributed by atoms with E-state index in [-0.39, 0.29) is 18.3 Å². The molecule has 1 heterocycles. The van der Waals surface area contributed by atoms with E-state index in [9.17, 15) is 9.18 Å². The maximum absolute atomic E-state index is 12.8. The molecule has 106 valence electrons. The van der Waals surface area contributed by atoms with Gasteiger partial charge in [0.05, 0.1) is 12.2 Å². The lowest BCUT2D eigenvalue weighted by atomic mass is 10.2. The van der Waals surface area contributed by atoms with Gasteiger partial charge in [0.1, 0.15) is 5.82 Å². The van der Waals surface area contributed by atoms with Gasteiger partial charge in [-0.05, 0) is 31.7 Å². The number of anilines is 1. The molecule has 1 N–H and O–H groups in total. The lowest BCUT2D eigenvalue weighted by Gasteiger charge is -2.15. The summed E-state index contributed by atoms with van der Waals surface area (Å²) in [7, 11) is 1.81. The number of nitrogens with zero attached hydrogens (tertiary/aromatic N) is 2. The van der Waals surface area contributed by atoms with E-state index >= 15 is 0 Å². The van der Waals surface area contributed by atoms with E-state index in [2.05, 4.69) is 10.5 Å². The Morgan fingerprint density at radius 1 is 1.40 bits per heavy atom. The minimum Gasteiger partial charge on any atom is -0.338 e. The van der Waals surface area contributed by atoms with Crippen LogP contribution in [-0.4, -0.2) is 29.6 Å². The summed E-state index contributed by atoms with van der Waals surface area (Å²) in [5.41, 5.74) is 1.65. The summed E-state index contributed by atoms with van der Waals surface area (Å²) in [6.07, 6.45) is 0. The smallest absolute Gasteiger partial charge is 0.240 e. The first kappa shape index (κ1) is 14.2. The van der Waals surface area contributed by atoms with Crippen LogP contribution >= 0.6 is 0 Å². The first-order valence-electron chi connectivity index (χ1n) is 6.19. The summed E-state index contributed by atoms with van der Waals surface area (Å²) >= 11 is 0. The second-order valence-electron chi connectivity index (χ2n) is 4.68. The third-order valence-electron chi connectivity index (χ3n) is 2.67. The van der Waals surface area contributed by atoms with Crippen LogP contribution in [0.3, 0.4) is 0 Å². The van der Waals surface area contributed by atoms with Gasteiger partial charge in [0.15, 0.2) is 0 Å². The Balaban J connectivity index is 1.83. The van der Waals surface area contributed by atoms with Gasteiger partial charge in [-0.2, -0.15) is 0 Å². The van der Waals surface area contributed by atoms with Crippen molar-refractivity contribution in [1.82, 2.24) is 10.1 Å². The van der Waals surface area contributed by atoms with Gasteiger partial charge in [-0.3, -0.25) is 15.0 Å². The van der Waals surface area contributed by atoms with Gasteiger partial charge in [0, 0.05) is 12.6 Å². The molecule has 0 radical (unpaired) electrons. The molecule has 0 saturated carbocycles. The van der Waals surface area contributed by atoms with Crippen molar-refractivity contribution in [1.29, 1.82) is 0 Å². The van der Waals surface area contributed by atoms with Crippen molar-refractivity contribution in [3.05, 3.63) is 47.4 Å². The molecule has 2 rings (SSSR count). The number of amides is 1. The second-order valence-corrected chi connectivity index (χ2v) is 4.68. The standard InChI is InChI=1S/C14H16FN3O2/c1-10-7-14(20-17-10)16-13(19)9-18(2)8-11-3-5-12(15)6-4-11/h3-7H,8-9H2,1-2H3,(H,16,19). The average Bonchev–Trinajstić information content (AvgIpc) is 2.77. The Morgan fingerprint density at radius 2 is 2.10 bits per heavy atom. The zero-order valence-electron chi connectivity index (χ0n) is 11.4. The number of nitrogens with one attached hydrogen (secondary N) is 1. The maximum Gasteiger partial charge on any atom is 0.240 e. The molecular weight excluding hydrogens is 261 g/mol. The first-order chi connectivity index (χ1) is 9.52. The second kappa shape index (κ2) is 6.29. The molecule has 0 bridgehead atoms. The van der Waals surface area contributed by atoms with Crippen LogP contribution in [0.25, 0.3) is 0 Å². The predicted octanol–water partition coefficient (Wildman–Crippen LogP) is 2.19. The normalized spacial score (nSPS) is 10.8. The van der Waals surface area contributed by atoms with Crippen molar-refractivity contribution in [2.24, 2.45) is 0 Å². The van der Waals surface area contributed by atoms with Gasteiger partial charge >= 0.3 is 0 Å². The SMILES string of the molecule is Cc1cc(NC(=O)CN(C)Cc2ccc(F)cc2)on1. The first-order valence-corrected chi connectivity index (χ1v) is 6.19. The topological polar surface area (TPSA) is 58.4 Å². The number of likely N-dealkylation sites (N-methyl/N-ethyl adjacent to an activating group) is 1. The molecule has 2 aromatic rings. The fraction of sp³-hybridized carbons (Fsp3) is 0.286. The highest BCUT2D eigenvalue weighted by Gasteiger charge is 2.10. The number of rotatable bonds is 5. The largest absolute Gasteiger partial charge is 0.338 e. The van der Waals surface area contributed by atoms with Crippen LogP contribution in [0.2, 0.25) is 0 Å². The van der Waals surface area contributed by atoms with Crippen molar-refractivity contribution in [2.75, 3.05) is 18.9 Å². The molecule has 0 atom stereocenters. The van der Waals surface area contributed by atoms with Crippen LogP contribution < -0.4 is 5.32 Å². The van der Waals surface area contributed by atoms with E-state index in [0.29, 0.717) is 18.1 Å². The Hall–Kier alpha value is -2.21. The maximum atomic E-state index is 12.8. The van der Waals surface area contributed by atoms with Crippen molar-refractivity contribution in [2.45, 2.75) is 13.5 Å². The Kier molecular flexibility index (Phi) is 4.47. The van der Waals surface area contributed by atoms with Crippen LogP contribution in [0.15, 0.2) is 34.9 Å². The lowest BCUT2D eigenvalue weighted by Crippen LogP contribution is -2.29. The number of aryl methyl sites for hydroxylation is 1. The fourth-order valence-corrected chi connectivity index (χ4v) is 1.80. The quantitative estimate of drug-likeness (QED) is 0.910. The Bertz CT molecular complexity index is 580. The van der Waals surface area contributed by atoms with Gasteiger partial charge < -0.3 is 4.52 Å². The molecular formula is C14H16FN3O2. The summed E-state index contributed by atoms with van der Waals surface area (Å²) in [6, 6.07) is 7.85. The van der Waals surface area contributed by atoms with E-state index in [1.807, 2.05) is 11.9 Å². The van der Waals surface area contributed by atoms with Crippen LogP contribution in [0.4, 0.5) is 10.3 Å². The summed E-state index contributed by atoms with van der Waals surface area (Å²) in [4.78, 5) is 13.6. The predicted molar refractivity (Wildman–Crippen MR) is 72.6 cm³/mol. The molecule has 0 spiro atoms. The van der Waals surface area contributed by atoms with E-state index in [1.54, 1.807) is 25.1 Å². The highest BCUT2D eigenvalue weighted by molar-refractivity contribution is 5.90. The van der Waals surface area contributed by atoms with Gasteiger partial charge in [0.2, 0.25) is 11.8 Å². The number of carbonyl (C=O) groups excluding carboxylic acids is 1. The van der Waals surface area contributed by atoms with Gasteiger partial charge in [-0.1, -0.05) is 17.3 Å².